The summed E-state index contributed by atoms with van der Waals surface area (Å²) in [5.74, 6) is 1.91. The lowest BCUT2D eigenvalue weighted by molar-refractivity contribution is 1.03. The molecule has 16 heavy (non-hydrogen) atoms. The number of aryl methyl sites for hydroxylation is 1. The van der Waals surface area contributed by atoms with Crippen LogP contribution in [-0.2, 0) is 0 Å². The Hall–Kier alpha value is -2.04. The normalized spacial score (nSPS) is 10.2. The first kappa shape index (κ1) is 10.5. The van der Waals surface area contributed by atoms with Crippen LogP contribution in [0.2, 0.25) is 0 Å². The maximum absolute atomic E-state index is 4.38. The number of nitrogens with one attached hydrogen (secondary N) is 1. The Bertz CT molecular complexity index is 495. The van der Waals surface area contributed by atoms with Gasteiger partial charge in [0.2, 0.25) is 0 Å². The van der Waals surface area contributed by atoms with Crippen molar-refractivity contribution in [1.29, 1.82) is 0 Å². The number of rotatable bonds is 2. The van der Waals surface area contributed by atoms with E-state index in [0.717, 1.165) is 17.1 Å². The second kappa shape index (κ2) is 4.22. The molecule has 0 spiro atoms. The third-order valence-corrected chi connectivity index (χ3v) is 2.39. The van der Waals surface area contributed by atoms with Crippen molar-refractivity contribution in [3.63, 3.8) is 0 Å². The molecule has 0 aliphatic heterocycles. The van der Waals surface area contributed by atoms with Gasteiger partial charge in [-0.15, -0.1) is 0 Å². The Kier molecular flexibility index (Phi) is 2.76. The minimum absolute atomic E-state index is 0.544. The first-order chi connectivity index (χ1) is 7.72. The molecule has 82 valence electrons. The zero-order valence-electron chi connectivity index (χ0n) is 9.52. The molecule has 0 unspecified atom stereocenters. The quantitative estimate of drug-likeness (QED) is 0.824. The molecule has 5 nitrogen and oxygen atoms in total. The highest BCUT2D eigenvalue weighted by Gasteiger charge is 2.09. The average Bonchev–Trinajstić information content (AvgIpc) is 2.33. The van der Waals surface area contributed by atoms with Crippen LogP contribution in [0.25, 0.3) is 11.6 Å². The number of aromatic nitrogens is 4. The summed E-state index contributed by atoms with van der Waals surface area (Å²) in [6, 6.07) is 1.77. The SMILES string of the molecule is CNc1nc(-c2ncccn2)nc(C)c1C. The first-order valence-corrected chi connectivity index (χ1v) is 5.02. The summed E-state index contributed by atoms with van der Waals surface area (Å²) < 4.78 is 0. The monoisotopic (exact) mass is 215 g/mol. The van der Waals surface area contributed by atoms with Gasteiger partial charge in [0, 0.05) is 30.7 Å². The highest BCUT2D eigenvalue weighted by atomic mass is 15.1. The molecular formula is C11H13N5. The van der Waals surface area contributed by atoms with Gasteiger partial charge in [-0.1, -0.05) is 0 Å². The van der Waals surface area contributed by atoms with Gasteiger partial charge in [0.15, 0.2) is 11.6 Å². The largest absolute Gasteiger partial charge is 0.373 e. The molecule has 0 aliphatic carbocycles. The lowest BCUT2D eigenvalue weighted by Crippen LogP contribution is -2.04. The predicted octanol–water partition coefficient (Wildman–Crippen LogP) is 1.59. The van der Waals surface area contributed by atoms with Crippen molar-refractivity contribution in [1.82, 2.24) is 19.9 Å². The lowest BCUT2D eigenvalue weighted by atomic mass is 10.2. The van der Waals surface area contributed by atoms with Crippen LogP contribution in [-0.4, -0.2) is 27.0 Å². The zero-order valence-corrected chi connectivity index (χ0v) is 9.52. The molecule has 0 aromatic carbocycles. The van der Waals surface area contributed by atoms with Gasteiger partial charge >= 0.3 is 0 Å². The molecule has 2 rings (SSSR count). The zero-order chi connectivity index (χ0) is 11.5. The highest BCUT2D eigenvalue weighted by Crippen LogP contribution is 2.18. The predicted molar refractivity (Wildman–Crippen MR) is 62.1 cm³/mol. The van der Waals surface area contributed by atoms with Gasteiger partial charge in [0.1, 0.15) is 5.82 Å². The van der Waals surface area contributed by atoms with E-state index in [1.54, 1.807) is 18.5 Å². The van der Waals surface area contributed by atoms with Crippen molar-refractivity contribution >= 4 is 5.82 Å². The maximum Gasteiger partial charge on any atom is 0.199 e. The van der Waals surface area contributed by atoms with Crippen molar-refractivity contribution in [2.45, 2.75) is 13.8 Å². The van der Waals surface area contributed by atoms with E-state index in [-0.39, 0.29) is 0 Å². The lowest BCUT2D eigenvalue weighted by Gasteiger charge is -2.08. The van der Waals surface area contributed by atoms with Crippen LogP contribution in [0.4, 0.5) is 5.82 Å². The van der Waals surface area contributed by atoms with Crippen molar-refractivity contribution in [3.05, 3.63) is 29.7 Å². The molecular weight excluding hydrogens is 202 g/mol. The van der Waals surface area contributed by atoms with Crippen LogP contribution < -0.4 is 5.32 Å². The van der Waals surface area contributed by atoms with Gasteiger partial charge in [-0.2, -0.15) is 0 Å². The van der Waals surface area contributed by atoms with E-state index < -0.39 is 0 Å². The van der Waals surface area contributed by atoms with Crippen LogP contribution >= 0.6 is 0 Å². The molecule has 2 heterocycles. The van der Waals surface area contributed by atoms with Crippen molar-refractivity contribution < 1.29 is 0 Å². The standard InChI is InChI=1S/C11H13N5/c1-7-8(2)15-11(16-9(7)12-3)10-13-5-4-6-14-10/h4-6H,1-3H3,(H,12,15,16). The van der Waals surface area contributed by atoms with E-state index in [2.05, 4.69) is 25.3 Å². The smallest absolute Gasteiger partial charge is 0.199 e. The van der Waals surface area contributed by atoms with Gasteiger partial charge in [-0.25, -0.2) is 19.9 Å². The summed E-state index contributed by atoms with van der Waals surface area (Å²) in [7, 11) is 1.84. The number of anilines is 1. The van der Waals surface area contributed by atoms with Gasteiger partial charge in [-0.05, 0) is 19.9 Å². The highest BCUT2D eigenvalue weighted by molar-refractivity contribution is 5.53. The summed E-state index contributed by atoms with van der Waals surface area (Å²) in [4.78, 5) is 17.0. The molecule has 0 saturated heterocycles. The third-order valence-electron chi connectivity index (χ3n) is 2.39. The van der Waals surface area contributed by atoms with Crippen molar-refractivity contribution in [3.8, 4) is 11.6 Å². The fourth-order valence-electron chi connectivity index (χ4n) is 1.39. The topological polar surface area (TPSA) is 63.6 Å². The molecule has 2 aromatic rings. The van der Waals surface area contributed by atoms with E-state index in [1.807, 2.05) is 20.9 Å². The first-order valence-electron chi connectivity index (χ1n) is 5.02. The second-order valence-corrected chi connectivity index (χ2v) is 3.43. The fourth-order valence-corrected chi connectivity index (χ4v) is 1.39. The Labute approximate surface area is 94.0 Å². The molecule has 0 fully saturated rings. The van der Waals surface area contributed by atoms with Crippen molar-refractivity contribution in [2.75, 3.05) is 12.4 Å². The average molecular weight is 215 g/mol. The molecule has 0 amide bonds. The Morgan fingerprint density at radius 2 is 1.69 bits per heavy atom. The Morgan fingerprint density at radius 1 is 1.00 bits per heavy atom. The van der Waals surface area contributed by atoms with Crippen LogP contribution in [0.5, 0.6) is 0 Å². The molecule has 1 N–H and O–H groups in total. The number of hydrogen-bond donors (Lipinski definition) is 1. The molecule has 0 saturated carbocycles. The molecule has 2 aromatic heterocycles. The molecule has 0 aliphatic rings. The van der Waals surface area contributed by atoms with Crippen LogP contribution in [0, 0.1) is 13.8 Å². The number of hydrogen-bond acceptors (Lipinski definition) is 5. The molecule has 0 radical (unpaired) electrons. The summed E-state index contributed by atoms with van der Waals surface area (Å²) in [5, 5.41) is 3.04. The number of nitrogens with zero attached hydrogens (tertiary/aromatic N) is 4. The van der Waals surface area contributed by atoms with Crippen LogP contribution in [0.15, 0.2) is 18.5 Å². The molecule has 0 atom stereocenters. The van der Waals surface area contributed by atoms with E-state index in [9.17, 15) is 0 Å². The third kappa shape index (κ3) is 1.84. The van der Waals surface area contributed by atoms with E-state index in [1.165, 1.54) is 0 Å². The van der Waals surface area contributed by atoms with Gasteiger partial charge in [0.25, 0.3) is 0 Å². The van der Waals surface area contributed by atoms with E-state index in [0.29, 0.717) is 11.6 Å². The van der Waals surface area contributed by atoms with E-state index in [4.69, 9.17) is 0 Å². The Balaban J connectivity index is 2.55. The second-order valence-electron chi connectivity index (χ2n) is 3.43. The minimum atomic E-state index is 0.544. The van der Waals surface area contributed by atoms with E-state index >= 15 is 0 Å². The van der Waals surface area contributed by atoms with Crippen LogP contribution in [0.3, 0.4) is 0 Å². The summed E-state index contributed by atoms with van der Waals surface area (Å²) in [6.07, 6.45) is 3.36. The summed E-state index contributed by atoms with van der Waals surface area (Å²) >= 11 is 0. The van der Waals surface area contributed by atoms with Gasteiger partial charge < -0.3 is 5.32 Å². The summed E-state index contributed by atoms with van der Waals surface area (Å²) in [6.45, 7) is 3.93. The summed E-state index contributed by atoms with van der Waals surface area (Å²) in [5.41, 5.74) is 1.98. The fraction of sp³-hybridized carbons (Fsp3) is 0.273. The van der Waals surface area contributed by atoms with Gasteiger partial charge in [0.05, 0.1) is 0 Å². The minimum Gasteiger partial charge on any atom is -0.373 e. The van der Waals surface area contributed by atoms with Gasteiger partial charge in [-0.3, -0.25) is 0 Å². The molecule has 0 bridgehead atoms. The Morgan fingerprint density at radius 3 is 2.31 bits per heavy atom. The van der Waals surface area contributed by atoms with Crippen LogP contribution in [0.1, 0.15) is 11.3 Å². The molecule has 5 heteroatoms. The maximum atomic E-state index is 4.38. The van der Waals surface area contributed by atoms with Crippen molar-refractivity contribution in [2.24, 2.45) is 0 Å².